The molecular formula is C31H31N3O3. The molecule has 6 heteroatoms. The predicted octanol–water partition coefficient (Wildman–Crippen LogP) is 5.85. The molecule has 1 saturated carbocycles. The zero-order chi connectivity index (χ0) is 25.2. The summed E-state index contributed by atoms with van der Waals surface area (Å²) in [4.78, 5) is 30.5. The van der Waals surface area contributed by atoms with Crippen LogP contribution < -0.4 is 10.2 Å². The van der Waals surface area contributed by atoms with E-state index in [0.717, 1.165) is 66.7 Å². The van der Waals surface area contributed by atoms with Gasteiger partial charge in [-0.1, -0.05) is 61.4 Å². The third-order valence-corrected chi connectivity index (χ3v) is 7.91. The molecule has 1 aromatic heterocycles. The molecule has 1 saturated heterocycles. The highest BCUT2D eigenvalue weighted by molar-refractivity contribution is 5.99. The summed E-state index contributed by atoms with van der Waals surface area (Å²) in [5.74, 6) is 0.417. The van der Waals surface area contributed by atoms with Crippen LogP contribution in [0.25, 0.3) is 11.0 Å². The van der Waals surface area contributed by atoms with Crippen LogP contribution in [-0.2, 0) is 10.2 Å². The van der Waals surface area contributed by atoms with Crippen molar-refractivity contribution in [3.05, 3.63) is 96.3 Å². The number of carbonyl (C=O) groups excluding carboxylic acids is 2. The Morgan fingerprint density at radius 2 is 1.46 bits per heavy atom. The van der Waals surface area contributed by atoms with Crippen LogP contribution in [0.5, 0.6) is 0 Å². The fraction of sp³-hybridized carbons (Fsp3) is 0.290. The van der Waals surface area contributed by atoms with Gasteiger partial charge in [0.05, 0.1) is 5.41 Å². The molecule has 2 aliphatic rings. The summed E-state index contributed by atoms with van der Waals surface area (Å²) in [6.07, 6.45) is 3.92. The van der Waals surface area contributed by atoms with Crippen molar-refractivity contribution in [3.63, 3.8) is 0 Å². The van der Waals surface area contributed by atoms with Crippen molar-refractivity contribution in [1.29, 1.82) is 0 Å². The lowest BCUT2D eigenvalue weighted by atomic mass is 9.78. The first-order chi connectivity index (χ1) is 18.1. The summed E-state index contributed by atoms with van der Waals surface area (Å²) in [5.41, 5.74) is 3.31. The molecule has 2 heterocycles. The van der Waals surface area contributed by atoms with E-state index in [2.05, 4.69) is 34.5 Å². The fourth-order valence-corrected chi connectivity index (χ4v) is 5.80. The quantitative estimate of drug-likeness (QED) is 0.379. The topological polar surface area (TPSA) is 65.8 Å². The van der Waals surface area contributed by atoms with Crippen molar-refractivity contribution >= 4 is 34.2 Å². The van der Waals surface area contributed by atoms with E-state index in [4.69, 9.17) is 4.42 Å². The predicted molar refractivity (Wildman–Crippen MR) is 146 cm³/mol. The van der Waals surface area contributed by atoms with Crippen molar-refractivity contribution < 1.29 is 14.0 Å². The summed E-state index contributed by atoms with van der Waals surface area (Å²) in [5, 5.41) is 4.13. The molecule has 0 atom stereocenters. The molecule has 0 radical (unpaired) electrons. The van der Waals surface area contributed by atoms with Gasteiger partial charge in [0, 0.05) is 42.9 Å². The Morgan fingerprint density at radius 3 is 2.16 bits per heavy atom. The van der Waals surface area contributed by atoms with Gasteiger partial charge in [-0.3, -0.25) is 9.59 Å². The highest BCUT2D eigenvalue weighted by atomic mass is 16.3. The maximum atomic E-state index is 13.4. The summed E-state index contributed by atoms with van der Waals surface area (Å²) in [6.45, 7) is 2.76. The highest BCUT2D eigenvalue weighted by Crippen LogP contribution is 2.42. The minimum atomic E-state index is -0.442. The number of furan rings is 1. The van der Waals surface area contributed by atoms with Crippen LogP contribution in [0.1, 0.15) is 41.8 Å². The summed E-state index contributed by atoms with van der Waals surface area (Å²) >= 11 is 0. The van der Waals surface area contributed by atoms with E-state index in [9.17, 15) is 9.59 Å². The lowest BCUT2D eigenvalue weighted by Gasteiger charge is -2.35. The largest absolute Gasteiger partial charge is 0.451 e. The van der Waals surface area contributed by atoms with Crippen LogP contribution >= 0.6 is 0 Å². The zero-order valence-corrected chi connectivity index (χ0v) is 20.9. The van der Waals surface area contributed by atoms with Crippen molar-refractivity contribution in [1.82, 2.24) is 4.90 Å². The molecule has 0 unspecified atom stereocenters. The third-order valence-electron chi connectivity index (χ3n) is 7.91. The third kappa shape index (κ3) is 4.48. The molecular weight excluding hydrogens is 462 g/mol. The Bertz CT molecular complexity index is 1360. The fourth-order valence-electron chi connectivity index (χ4n) is 5.80. The standard InChI is InChI=1S/C31H31N3O3/c35-29(28-22-23-8-4-5-11-27(23)37-28)34-20-18-33(19-21-34)26-14-12-25(13-15-26)32-30(36)31(16-6-7-17-31)24-9-2-1-3-10-24/h1-5,8-15,22H,6-7,16-21H2,(H,32,36). The number of benzene rings is 3. The molecule has 3 aromatic carbocycles. The van der Waals surface area contributed by atoms with Gasteiger partial charge in [-0.15, -0.1) is 0 Å². The molecule has 0 spiro atoms. The number of piperazine rings is 1. The Balaban J connectivity index is 1.08. The molecule has 37 heavy (non-hydrogen) atoms. The average Bonchev–Trinajstić information content (AvgIpc) is 3.62. The Hall–Kier alpha value is -4.06. The van der Waals surface area contributed by atoms with Gasteiger partial charge in [-0.25, -0.2) is 0 Å². The Morgan fingerprint density at radius 1 is 0.784 bits per heavy atom. The van der Waals surface area contributed by atoms with Crippen LogP contribution in [0.4, 0.5) is 11.4 Å². The van der Waals surface area contributed by atoms with Crippen molar-refractivity contribution in [2.45, 2.75) is 31.1 Å². The molecule has 4 aromatic rings. The first kappa shape index (κ1) is 23.3. The number of hydrogen-bond donors (Lipinski definition) is 1. The number of carbonyl (C=O) groups is 2. The van der Waals surface area contributed by atoms with E-state index >= 15 is 0 Å². The average molecular weight is 494 g/mol. The van der Waals surface area contributed by atoms with E-state index in [1.807, 2.05) is 65.6 Å². The van der Waals surface area contributed by atoms with Crippen LogP contribution in [0.2, 0.25) is 0 Å². The molecule has 6 rings (SSSR count). The Kier molecular flexibility index (Phi) is 6.16. The molecule has 6 nitrogen and oxygen atoms in total. The normalized spacial score (nSPS) is 17.2. The second-order valence-electron chi connectivity index (χ2n) is 10.1. The van der Waals surface area contributed by atoms with Gasteiger partial charge in [0.1, 0.15) is 5.58 Å². The first-order valence-corrected chi connectivity index (χ1v) is 13.1. The van der Waals surface area contributed by atoms with Gasteiger partial charge in [-0.2, -0.15) is 0 Å². The second kappa shape index (κ2) is 9.77. The Labute approximate surface area is 216 Å². The monoisotopic (exact) mass is 493 g/mol. The van der Waals surface area contributed by atoms with Gasteiger partial charge < -0.3 is 19.5 Å². The maximum Gasteiger partial charge on any atom is 0.289 e. The van der Waals surface area contributed by atoms with Gasteiger partial charge in [0.2, 0.25) is 5.91 Å². The minimum Gasteiger partial charge on any atom is -0.451 e. The number of para-hydroxylation sites is 1. The molecule has 1 aliphatic heterocycles. The van der Waals surface area contributed by atoms with Crippen molar-refractivity contribution in [3.8, 4) is 0 Å². The summed E-state index contributed by atoms with van der Waals surface area (Å²) in [7, 11) is 0. The smallest absolute Gasteiger partial charge is 0.289 e. The van der Waals surface area contributed by atoms with Crippen LogP contribution in [0.3, 0.4) is 0 Å². The number of nitrogens with one attached hydrogen (secondary N) is 1. The molecule has 2 amide bonds. The first-order valence-electron chi connectivity index (χ1n) is 13.1. The van der Waals surface area contributed by atoms with E-state index in [1.54, 1.807) is 0 Å². The maximum absolute atomic E-state index is 13.4. The highest BCUT2D eigenvalue weighted by Gasteiger charge is 2.42. The van der Waals surface area contributed by atoms with Gasteiger partial charge in [0.15, 0.2) is 5.76 Å². The zero-order valence-electron chi connectivity index (χ0n) is 20.9. The van der Waals surface area contributed by atoms with Gasteiger partial charge in [0.25, 0.3) is 5.91 Å². The molecule has 1 aliphatic carbocycles. The summed E-state index contributed by atoms with van der Waals surface area (Å²) < 4.78 is 5.77. The lowest BCUT2D eigenvalue weighted by Crippen LogP contribution is -2.48. The second-order valence-corrected chi connectivity index (χ2v) is 10.1. The van der Waals surface area contributed by atoms with E-state index < -0.39 is 5.41 Å². The number of amides is 2. The van der Waals surface area contributed by atoms with E-state index in [-0.39, 0.29) is 11.8 Å². The number of rotatable bonds is 5. The van der Waals surface area contributed by atoms with Crippen LogP contribution in [-0.4, -0.2) is 42.9 Å². The van der Waals surface area contributed by atoms with Gasteiger partial charge in [-0.05, 0) is 54.8 Å². The van der Waals surface area contributed by atoms with E-state index in [1.165, 1.54) is 0 Å². The number of hydrogen-bond acceptors (Lipinski definition) is 4. The van der Waals surface area contributed by atoms with Crippen LogP contribution in [0, 0.1) is 0 Å². The molecule has 1 N–H and O–H groups in total. The van der Waals surface area contributed by atoms with Crippen molar-refractivity contribution in [2.24, 2.45) is 0 Å². The SMILES string of the molecule is O=C(c1cc2ccccc2o1)N1CCN(c2ccc(NC(=O)C3(c4ccccc4)CCCC3)cc2)CC1. The number of nitrogens with zero attached hydrogens (tertiary/aromatic N) is 2. The molecule has 0 bridgehead atoms. The number of anilines is 2. The molecule has 2 fully saturated rings. The number of fused-ring (bicyclic) bond motifs is 1. The van der Waals surface area contributed by atoms with Crippen LogP contribution in [0.15, 0.2) is 89.3 Å². The van der Waals surface area contributed by atoms with Gasteiger partial charge >= 0.3 is 0 Å². The van der Waals surface area contributed by atoms with Crippen molar-refractivity contribution in [2.75, 3.05) is 36.4 Å². The van der Waals surface area contributed by atoms with E-state index in [0.29, 0.717) is 18.8 Å². The lowest BCUT2D eigenvalue weighted by molar-refractivity contribution is -0.121. The summed E-state index contributed by atoms with van der Waals surface area (Å²) in [6, 6.07) is 27.7. The minimum absolute atomic E-state index is 0.0619. The molecule has 188 valence electrons.